The average molecular weight is 484 g/mol. The number of rotatable bonds is 5. The Morgan fingerprint density at radius 1 is 1.47 bits per heavy atom. The first-order valence-corrected chi connectivity index (χ1v) is 10.9. The minimum absolute atomic E-state index is 0.0527. The molecule has 0 aromatic carbocycles. The second-order valence-corrected chi connectivity index (χ2v) is 8.89. The Morgan fingerprint density at radius 3 is 2.88 bits per heavy atom. The molecular weight excluding hydrogens is 444 g/mol. The van der Waals surface area contributed by atoms with Crippen molar-refractivity contribution in [3.05, 3.63) is 28.2 Å². The lowest BCUT2D eigenvalue weighted by atomic mass is 9.99. The lowest BCUT2D eigenvalue weighted by Crippen LogP contribution is -2.42. The molecule has 32 heavy (non-hydrogen) atoms. The van der Waals surface area contributed by atoms with E-state index in [-0.39, 0.29) is 29.0 Å². The third-order valence-corrected chi connectivity index (χ3v) is 6.25. The Morgan fingerprint density at radius 2 is 2.22 bits per heavy atom. The number of fused-ring (bicyclic) bond motifs is 1. The quantitative estimate of drug-likeness (QED) is 0.668. The van der Waals surface area contributed by atoms with Crippen molar-refractivity contribution in [3.8, 4) is 0 Å². The number of hydrogen-bond donors (Lipinski definition) is 2. The summed E-state index contributed by atoms with van der Waals surface area (Å²) in [5.41, 5.74) is -6.11. The summed E-state index contributed by atoms with van der Waals surface area (Å²) in [6, 6.07) is -4.21. The number of alkyl halides is 2. The molecule has 2 N–H and O–H groups in total. The molecule has 0 unspecified atom stereocenters. The van der Waals surface area contributed by atoms with Gasteiger partial charge in [0.25, 0.3) is 12.0 Å². The monoisotopic (exact) mass is 483 g/mol. The Kier molecular flexibility index (Phi) is 3.20. The molecule has 2 aromatic heterocycles. The minimum Gasteiger partial charge on any atom is -0.388 e. The molecule has 176 valence electrons. The largest absolute Gasteiger partial charge is 0.388 e. The Hall–Kier alpha value is -2.18. The van der Waals surface area contributed by atoms with Gasteiger partial charge in [-0.2, -0.15) is 4.98 Å². The highest BCUT2D eigenvalue weighted by atomic mass is 32.2. The summed E-state index contributed by atoms with van der Waals surface area (Å²) in [5.74, 6) is -0.777. The van der Waals surface area contributed by atoms with Crippen molar-refractivity contribution < 1.29 is 38.8 Å². The predicted molar refractivity (Wildman–Crippen MR) is 115 cm³/mol. The molecule has 0 radical (unpaired) electrons. The van der Waals surface area contributed by atoms with E-state index in [0.29, 0.717) is 10.6 Å². The Bertz CT molecular complexity index is 1630. The maximum atomic E-state index is 14.2. The van der Waals surface area contributed by atoms with Crippen LogP contribution in [-0.2, 0) is 10.0 Å². The summed E-state index contributed by atoms with van der Waals surface area (Å²) in [5, 5.41) is 12.9. The van der Waals surface area contributed by atoms with Crippen LogP contribution in [0.15, 0.2) is 17.1 Å². The van der Waals surface area contributed by atoms with Crippen LogP contribution < -0.4 is 10.9 Å². The van der Waals surface area contributed by atoms with Gasteiger partial charge in [-0.25, -0.2) is 26.5 Å². The highest BCUT2D eigenvalue weighted by Crippen LogP contribution is 2.39. The van der Waals surface area contributed by atoms with Crippen LogP contribution in [0.4, 0.5) is 14.7 Å². The van der Waals surface area contributed by atoms with Crippen LogP contribution in [0, 0.1) is 0 Å². The van der Waals surface area contributed by atoms with Crippen molar-refractivity contribution in [2.24, 2.45) is 0 Å². The van der Waals surface area contributed by atoms with Gasteiger partial charge in [0.2, 0.25) is 16.0 Å². The topological polar surface area (TPSA) is 117 Å². The molecule has 2 aromatic rings. The number of aliphatic hydroxyl groups is 1. The molecule has 12 heteroatoms. The molecule has 4 rings (SSSR count). The number of nitrogens with zero attached hydrogens (tertiary/aromatic N) is 4. The first-order valence-electron chi connectivity index (χ1n) is 15.4. The van der Waals surface area contributed by atoms with Crippen LogP contribution in [0.2, 0.25) is 0 Å². The van der Waals surface area contributed by atoms with Crippen molar-refractivity contribution in [1.29, 1.82) is 0 Å². The molecule has 0 amide bonds. The summed E-state index contributed by atoms with van der Waals surface area (Å²) in [6.45, 7) is -5.66. The number of nitrogens with one attached hydrogen (secondary N) is 1. The molecule has 3 heterocycles. The number of pyridine rings is 1. The molecule has 1 saturated carbocycles. The second-order valence-electron chi connectivity index (χ2n) is 7.43. The number of halogens is 2. The maximum absolute atomic E-state index is 14.2. The van der Waals surface area contributed by atoms with Crippen LogP contribution in [0.5, 0.6) is 0 Å². The van der Waals surface area contributed by atoms with Crippen molar-refractivity contribution in [1.82, 2.24) is 18.8 Å². The molecule has 9 nitrogen and oxygen atoms in total. The highest BCUT2D eigenvalue weighted by molar-refractivity contribution is 7.88. The first kappa shape index (κ1) is 12.3. The van der Waals surface area contributed by atoms with Crippen molar-refractivity contribution >= 4 is 27.0 Å². The lowest BCUT2D eigenvalue weighted by molar-refractivity contribution is 0.0261. The summed E-state index contributed by atoms with van der Waals surface area (Å²) < 4.78 is 148. The second kappa shape index (κ2) is 8.31. The normalized spacial score (nSPS) is 36.4. The molecular formula is C20H27F2N5O4S. The van der Waals surface area contributed by atoms with Gasteiger partial charge in [0.1, 0.15) is 7.02 Å². The van der Waals surface area contributed by atoms with Gasteiger partial charge in [0, 0.05) is 44.4 Å². The highest BCUT2D eigenvalue weighted by Gasteiger charge is 2.40. The molecule has 0 spiro atoms. The molecule has 1 aliphatic heterocycles. The maximum Gasteiger partial charge on any atom is 0.269 e. The van der Waals surface area contributed by atoms with Crippen LogP contribution >= 0.6 is 0 Å². The molecule has 1 aliphatic carbocycles. The van der Waals surface area contributed by atoms with E-state index in [2.05, 4.69) is 15.3 Å². The third kappa shape index (κ3) is 4.35. The number of anilines is 1. The predicted octanol–water partition coefficient (Wildman–Crippen LogP) is 2.04. The fourth-order valence-corrected chi connectivity index (χ4v) is 4.21. The smallest absolute Gasteiger partial charge is 0.269 e. The average Bonchev–Trinajstić information content (AvgIpc) is 3.23. The zero-order valence-electron chi connectivity index (χ0n) is 28.4. The van der Waals surface area contributed by atoms with E-state index in [4.69, 9.17) is 16.4 Å². The van der Waals surface area contributed by atoms with Crippen molar-refractivity contribution in [2.45, 2.75) is 62.9 Å². The molecule has 1 saturated heterocycles. The van der Waals surface area contributed by atoms with Gasteiger partial charge in [-0.15, -0.1) is 0 Å². The SMILES string of the molecule is [2H]C(F)(F)c1cc2cnc(NC3([2H])C([2H])([2H])CN(S(=O)(=O)C([2H])([2H])[2H])CC3([2H])[2H])nc2n([C@@H]2CCC[C@]2(O)C([2H])([2H])[2H])c1=O. The molecule has 2 fully saturated rings. The number of piperidine rings is 1. The summed E-state index contributed by atoms with van der Waals surface area (Å²) in [7, 11) is -5.23. The lowest BCUT2D eigenvalue weighted by Gasteiger charge is -2.31. The van der Waals surface area contributed by atoms with E-state index < -0.39 is 95.7 Å². The van der Waals surface area contributed by atoms with Crippen LogP contribution in [0.3, 0.4) is 0 Å². The Labute approximate surface area is 201 Å². The third-order valence-electron chi connectivity index (χ3n) is 5.32. The van der Waals surface area contributed by atoms with E-state index in [0.717, 1.165) is 6.20 Å². The van der Waals surface area contributed by atoms with E-state index in [9.17, 15) is 27.1 Å². The zero-order valence-corrected chi connectivity index (χ0v) is 17.2. The fourth-order valence-electron chi connectivity index (χ4n) is 3.74. The van der Waals surface area contributed by atoms with Gasteiger partial charge in [0.05, 0.1) is 24.8 Å². The summed E-state index contributed by atoms with van der Waals surface area (Å²) in [4.78, 5) is 21.1. The first-order chi connectivity index (χ1) is 19.6. The van der Waals surface area contributed by atoms with Crippen LogP contribution in [0.25, 0.3) is 11.0 Å². The van der Waals surface area contributed by atoms with Crippen molar-refractivity contribution in [3.63, 3.8) is 0 Å². The van der Waals surface area contributed by atoms with Gasteiger partial charge >= 0.3 is 0 Å². The molecule has 0 bridgehead atoms. The van der Waals surface area contributed by atoms with E-state index in [1.165, 1.54) is 0 Å². The van der Waals surface area contributed by atoms with E-state index >= 15 is 0 Å². The number of sulfonamides is 1. The molecule has 2 atom stereocenters. The van der Waals surface area contributed by atoms with Crippen LogP contribution in [-0.4, -0.2) is 63.3 Å². The van der Waals surface area contributed by atoms with Crippen LogP contribution in [0.1, 0.15) is 73.3 Å². The van der Waals surface area contributed by atoms with E-state index in [1.807, 2.05) is 0 Å². The standard InChI is InChI=1S/C20H27F2N5O4S/c1-20(29)7-3-4-15(20)27-17-12(10-14(16(21)22)18(27)28)11-23-19(25-17)24-13-5-8-26(9-6-13)32(2,30)31/h10-11,13,15-16,29H,3-9H2,1-2H3,(H,23,24,25)/t15-,20-/m1/s1/i1D3,2D3,5D2,6D2,13D,16D. The molecule has 2 aliphatic rings. The zero-order chi connectivity index (χ0) is 33.7. The van der Waals surface area contributed by atoms with Gasteiger partial charge in [-0.05, 0) is 44.9 Å². The van der Waals surface area contributed by atoms with Gasteiger partial charge in [-0.3, -0.25) is 9.36 Å². The summed E-state index contributed by atoms with van der Waals surface area (Å²) in [6.07, 6.45) is -14.2. The summed E-state index contributed by atoms with van der Waals surface area (Å²) >= 11 is 0. The van der Waals surface area contributed by atoms with Gasteiger partial charge in [-0.1, -0.05) is 0 Å². The Balaban J connectivity index is 1.89. The van der Waals surface area contributed by atoms with Gasteiger partial charge in [0.15, 0.2) is 0 Å². The number of aromatic nitrogens is 3. The van der Waals surface area contributed by atoms with Gasteiger partial charge < -0.3 is 10.4 Å². The van der Waals surface area contributed by atoms with E-state index in [1.54, 1.807) is 0 Å². The fraction of sp³-hybridized carbons (Fsp3) is 0.650. The van der Waals surface area contributed by atoms with Crippen molar-refractivity contribution in [2.75, 3.05) is 24.6 Å². The minimum atomic E-state index is -5.23. The number of hydrogen-bond acceptors (Lipinski definition) is 7.